The summed E-state index contributed by atoms with van der Waals surface area (Å²) >= 11 is 0. The van der Waals surface area contributed by atoms with E-state index in [4.69, 9.17) is 0 Å². The fourth-order valence-electron chi connectivity index (χ4n) is 4.14. The summed E-state index contributed by atoms with van der Waals surface area (Å²) in [5, 5.41) is 14.2. The quantitative estimate of drug-likeness (QED) is 0.613. The van der Waals surface area contributed by atoms with E-state index in [1.54, 1.807) is 26.2 Å². The molecule has 13 heteroatoms. The van der Waals surface area contributed by atoms with Gasteiger partial charge < -0.3 is 15.3 Å². The van der Waals surface area contributed by atoms with Gasteiger partial charge >= 0.3 is 18.1 Å². The SMILES string of the molecule is Cc1nc2c(c(C)c1CC(=O)N1CCCC(NC(=O)C(F)(F)F)C1C(=O)O)c(=O)[nH]n2C. The number of aliphatic carboxylic acids is 1. The maximum absolute atomic E-state index is 13.1. The fraction of sp³-hybridized carbons (Fsp3) is 0.526. The molecular weight excluding hydrogens is 435 g/mol. The minimum Gasteiger partial charge on any atom is -0.480 e. The topological polar surface area (TPSA) is 137 Å². The first-order valence-electron chi connectivity index (χ1n) is 9.77. The molecule has 1 aliphatic rings. The van der Waals surface area contributed by atoms with Crippen LogP contribution in [-0.4, -0.2) is 67.4 Å². The van der Waals surface area contributed by atoms with Crippen molar-refractivity contribution in [1.82, 2.24) is 25.0 Å². The summed E-state index contributed by atoms with van der Waals surface area (Å²) < 4.78 is 39.4. The highest BCUT2D eigenvalue weighted by Gasteiger charge is 2.45. The Hall–Kier alpha value is -3.38. The number of carbonyl (C=O) groups is 3. The van der Waals surface area contributed by atoms with Gasteiger partial charge in [-0.2, -0.15) is 13.2 Å². The zero-order chi connectivity index (χ0) is 24.0. The molecule has 1 fully saturated rings. The molecule has 0 aromatic carbocycles. The predicted molar refractivity (Wildman–Crippen MR) is 105 cm³/mol. The molecule has 10 nitrogen and oxygen atoms in total. The number of carboxylic acid groups (broad SMARTS) is 1. The molecule has 2 amide bonds. The van der Waals surface area contributed by atoms with Crippen LogP contribution in [0.1, 0.15) is 29.7 Å². The van der Waals surface area contributed by atoms with Crippen molar-refractivity contribution in [2.45, 2.75) is 51.4 Å². The minimum absolute atomic E-state index is 0.00781. The zero-order valence-electron chi connectivity index (χ0n) is 17.5. The van der Waals surface area contributed by atoms with E-state index < -0.39 is 41.6 Å². The molecule has 32 heavy (non-hydrogen) atoms. The lowest BCUT2D eigenvalue weighted by molar-refractivity contribution is -0.176. The average molecular weight is 457 g/mol. The number of halogens is 3. The maximum atomic E-state index is 13.1. The monoisotopic (exact) mass is 457 g/mol. The Kier molecular flexibility index (Phi) is 6.03. The molecule has 0 aliphatic carbocycles. The van der Waals surface area contributed by atoms with E-state index in [1.165, 1.54) is 4.68 Å². The fourth-order valence-corrected chi connectivity index (χ4v) is 4.14. The van der Waals surface area contributed by atoms with Gasteiger partial charge in [0.2, 0.25) is 5.91 Å². The number of pyridine rings is 1. The van der Waals surface area contributed by atoms with Gasteiger partial charge in [0.05, 0.1) is 17.8 Å². The lowest BCUT2D eigenvalue weighted by atomic mass is 9.94. The molecule has 0 bridgehead atoms. The van der Waals surface area contributed by atoms with Crippen LogP contribution in [0.15, 0.2) is 4.79 Å². The normalized spacial score (nSPS) is 19.2. The Labute approximate surface area is 179 Å². The van der Waals surface area contributed by atoms with Crippen molar-refractivity contribution >= 4 is 28.8 Å². The van der Waals surface area contributed by atoms with Crippen LogP contribution in [0.3, 0.4) is 0 Å². The number of H-pyrrole nitrogens is 1. The van der Waals surface area contributed by atoms with Crippen LogP contribution in [0.2, 0.25) is 0 Å². The number of rotatable bonds is 4. The summed E-state index contributed by atoms with van der Waals surface area (Å²) in [6, 6.07) is -3.04. The summed E-state index contributed by atoms with van der Waals surface area (Å²) in [5.41, 5.74) is 1.41. The summed E-state index contributed by atoms with van der Waals surface area (Å²) in [4.78, 5) is 53.8. The molecule has 0 radical (unpaired) electrons. The van der Waals surface area contributed by atoms with Crippen molar-refractivity contribution in [2.75, 3.05) is 6.54 Å². The maximum Gasteiger partial charge on any atom is 0.471 e. The van der Waals surface area contributed by atoms with Crippen LogP contribution >= 0.6 is 0 Å². The minimum atomic E-state index is -5.17. The summed E-state index contributed by atoms with van der Waals surface area (Å²) in [5.74, 6) is -4.43. The lowest BCUT2D eigenvalue weighted by Crippen LogP contribution is -2.61. The molecule has 174 valence electrons. The van der Waals surface area contributed by atoms with Crippen molar-refractivity contribution in [3.8, 4) is 0 Å². The molecule has 1 saturated heterocycles. The van der Waals surface area contributed by atoms with Gasteiger partial charge in [0.25, 0.3) is 5.56 Å². The Morgan fingerprint density at radius 1 is 1.28 bits per heavy atom. The predicted octanol–water partition coefficient (Wildman–Crippen LogP) is 0.544. The van der Waals surface area contributed by atoms with Crippen molar-refractivity contribution in [3.63, 3.8) is 0 Å². The van der Waals surface area contributed by atoms with Crippen LogP contribution < -0.4 is 10.9 Å². The van der Waals surface area contributed by atoms with E-state index in [0.717, 1.165) is 4.90 Å². The number of piperidine rings is 1. The number of amides is 2. The van der Waals surface area contributed by atoms with Gasteiger partial charge in [0, 0.05) is 19.3 Å². The number of aromatic amines is 1. The third kappa shape index (κ3) is 4.18. The van der Waals surface area contributed by atoms with Crippen molar-refractivity contribution in [2.24, 2.45) is 7.05 Å². The molecular formula is C19H22F3N5O5. The van der Waals surface area contributed by atoms with Crippen LogP contribution in [-0.2, 0) is 27.9 Å². The highest BCUT2D eigenvalue weighted by atomic mass is 19.4. The number of alkyl halides is 3. The number of likely N-dealkylation sites (tertiary alicyclic amines) is 1. The van der Waals surface area contributed by atoms with Gasteiger partial charge in [0.15, 0.2) is 5.65 Å². The number of hydrogen-bond donors (Lipinski definition) is 3. The number of carbonyl (C=O) groups excluding carboxylic acids is 2. The molecule has 3 N–H and O–H groups in total. The van der Waals surface area contributed by atoms with Crippen molar-refractivity contribution in [3.05, 3.63) is 27.2 Å². The summed E-state index contributed by atoms with van der Waals surface area (Å²) in [7, 11) is 1.61. The first kappa shape index (κ1) is 23.3. The third-order valence-corrected chi connectivity index (χ3v) is 5.68. The van der Waals surface area contributed by atoms with Crippen LogP contribution in [0.5, 0.6) is 0 Å². The summed E-state index contributed by atoms with van der Waals surface area (Å²) in [6.45, 7) is 3.30. The second-order valence-corrected chi connectivity index (χ2v) is 7.77. The number of aromatic nitrogens is 3. The van der Waals surface area contributed by atoms with Gasteiger partial charge in [-0.05, 0) is 37.8 Å². The smallest absolute Gasteiger partial charge is 0.471 e. The molecule has 2 aromatic heterocycles. The second kappa shape index (κ2) is 8.28. The highest BCUT2D eigenvalue weighted by molar-refractivity contribution is 5.89. The number of nitrogens with zero attached hydrogens (tertiary/aromatic N) is 3. The molecule has 0 spiro atoms. The van der Waals surface area contributed by atoms with Crippen LogP contribution in [0.25, 0.3) is 11.0 Å². The molecule has 0 saturated carbocycles. The highest BCUT2D eigenvalue weighted by Crippen LogP contribution is 2.25. The van der Waals surface area contributed by atoms with Gasteiger partial charge in [-0.25, -0.2) is 9.78 Å². The van der Waals surface area contributed by atoms with E-state index in [1.807, 2.05) is 0 Å². The van der Waals surface area contributed by atoms with E-state index >= 15 is 0 Å². The summed E-state index contributed by atoms with van der Waals surface area (Å²) in [6.07, 6.45) is -5.27. The lowest BCUT2D eigenvalue weighted by Gasteiger charge is -2.39. The molecule has 2 unspecified atom stereocenters. The number of hydrogen-bond acceptors (Lipinski definition) is 5. The van der Waals surface area contributed by atoms with Crippen LogP contribution in [0, 0.1) is 13.8 Å². The molecule has 3 heterocycles. The number of fused-ring (bicyclic) bond motifs is 1. The first-order valence-corrected chi connectivity index (χ1v) is 9.77. The van der Waals surface area contributed by atoms with Gasteiger partial charge in [-0.15, -0.1) is 0 Å². The average Bonchev–Trinajstić information content (AvgIpc) is 2.97. The Bertz CT molecular complexity index is 1150. The Balaban J connectivity index is 1.91. The number of aryl methyl sites for hydroxylation is 3. The largest absolute Gasteiger partial charge is 0.480 e. The molecule has 1 aliphatic heterocycles. The van der Waals surface area contributed by atoms with E-state index in [2.05, 4.69) is 10.1 Å². The van der Waals surface area contributed by atoms with Crippen LogP contribution in [0.4, 0.5) is 13.2 Å². The van der Waals surface area contributed by atoms with Gasteiger partial charge in [0.1, 0.15) is 6.04 Å². The van der Waals surface area contributed by atoms with E-state index in [0.29, 0.717) is 27.9 Å². The van der Waals surface area contributed by atoms with Gasteiger partial charge in [-0.1, -0.05) is 0 Å². The van der Waals surface area contributed by atoms with E-state index in [-0.39, 0.29) is 25.8 Å². The third-order valence-electron chi connectivity index (χ3n) is 5.68. The Morgan fingerprint density at radius 3 is 2.53 bits per heavy atom. The standard InChI is InChI=1S/C19H22F3N5O5/c1-8-10(9(2)23-15-13(8)16(29)25-26(15)3)7-12(28)27-6-4-5-11(14(27)17(30)31)24-18(32)19(20,21)22/h11,14H,4-7H2,1-3H3,(H,24,32)(H,25,29)(H,30,31). The first-order chi connectivity index (χ1) is 14.8. The zero-order valence-corrected chi connectivity index (χ0v) is 17.5. The molecule has 3 rings (SSSR count). The second-order valence-electron chi connectivity index (χ2n) is 7.77. The number of carboxylic acids is 1. The van der Waals surface area contributed by atoms with Crippen molar-refractivity contribution in [1.29, 1.82) is 0 Å². The van der Waals surface area contributed by atoms with Crippen molar-refractivity contribution < 1.29 is 32.7 Å². The van der Waals surface area contributed by atoms with Gasteiger partial charge in [-0.3, -0.25) is 24.2 Å². The Morgan fingerprint density at radius 2 is 1.94 bits per heavy atom. The molecule has 2 atom stereocenters. The molecule has 2 aromatic rings. The van der Waals surface area contributed by atoms with E-state index in [9.17, 15) is 37.5 Å². The number of nitrogens with one attached hydrogen (secondary N) is 2.